The Hall–Kier alpha value is -0.660. The zero-order valence-corrected chi connectivity index (χ0v) is 16.4. The van der Waals surface area contributed by atoms with E-state index in [0.717, 1.165) is 50.3 Å². The molecule has 1 fully saturated rings. The predicted molar refractivity (Wildman–Crippen MR) is 99.7 cm³/mol. The van der Waals surface area contributed by atoms with Crippen molar-refractivity contribution in [2.75, 3.05) is 32.7 Å². The fraction of sp³-hybridized carbons (Fsp3) is 0.611. The van der Waals surface area contributed by atoms with E-state index in [4.69, 9.17) is 4.74 Å². The van der Waals surface area contributed by atoms with Crippen molar-refractivity contribution in [1.82, 2.24) is 9.80 Å². The van der Waals surface area contributed by atoms with Gasteiger partial charge in [-0.05, 0) is 61.4 Å². The highest BCUT2D eigenvalue weighted by Crippen LogP contribution is 2.28. The van der Waals surface area contributed by atoms with E-state index in [0.29, 0.717) is 6.61 Å². The highest BCUT2D eigenvalue weighted by molar-refractivity contribution is 14.1. The van der Waals surface area contributed by atoms with Crippen LogP contribution in [0.15, 0.2) is 12.1 Å². The molecule has 0 N–H and O–H groups in total. The van der Waals surface area contributed by atoms with Crippen molar-refractivity contribution in [2.24, 2.45) is 0 Å². The van der Waals surface area contributed by atoms with Gasteiger partial charge < -0.3 is 9.64 Å². The van der Waals surface area contributed by atoms with Crippen molar-refractivity contribution in [3.63, 3.8) is 0 Å². The summed E-state index contributed by atoms with van der Waals surface area (Å²) in [6, 6.07) is 4.03. The van der Waals surface area contributed by atoms with Crippen LogP contribution >= 0.6 is 22.6 Å². The number of esters is 1. The summed E-state index contributed by atoms with van der Waals surface area (Å²) in [6.07, 6.45) is 1.04. The molecule has 0 unspecified atom stereocenters. The lowest BCUT2D eigenvalue weighted by Crippen LogP contribution is -2.53. The van der Waals surface area contributed by atoms with Gasteiger partial charge in [0.1, 0.15) is 6.61 Å². The SMILES string of the molecule is CC(C)(C)N1CCN(CCc2ccc3c(c2I)COC3=O)CC1. The quantitative estimate of drug-likeness (QED) is 0.548. The minimum Gasteiger partial charge on any atom is -0.457 e. The lowest BCUT2D eigenvalue weighted by atomic mass is 10.0. The summed E-state index contributed by atoms with van der Waals surface area (Å²) in [4.78, 5) is 16.7. The number of piperazine rings is 1. The van der Waals surface area contributed by atoms with Crippen LogP contribution in [0, 0.1) is 3.57 Å². The summed E-state index contributed by atoms with van der Waals surface area (Å²) in [5, 5.41) is 0. The molecule has 0 spiro atoms. The van der Waals surface area contributed by atoms with Crippen molar-refractivity contribution in [2.45, 2.75) is 39.3 Å². The van der Waals surface area contributed by atoms with E-state index in [1.54, 1.807) is 0 Å². The Morgan fingerprint density at radius 1 is 1.17 bits per heavy atom. The Balaban J connectivity index is 1.57. The number of benzene rings is 1. The van der Waals surface area contributed by atoms with Gasteiger partial charge in [-0.15, -0.1) is 0 Å². The fourth-order valence-corrected chi connectivity index (χ4v) is 4.23. The molecule has 0 amide bonds. The molecule has 0 bridgehead atoms. The number of hydrogen-bond donors (Lipinski definition) is 0. The van der Waals surface area contributed by atoms with Gasteiger partial charge in [0.25, 0.3) is 0 Å². The molecule has 0 aliphatic carbocycles. The number of carbonyl (C=O) groups is 1. The first-order chi connectivity index (χ1) is 10.9. The lowest BCUT2D eigenvalue weighted by molar-refractivity contribution is 0.0534. The minimum atomic E-state index is -0.178. The lowest BCUT2D eigenvalue weighted by Gasteiger charge is -2.42. The average Bonchev–Trinajstić information content (AvgIpc) is 2.88. The summed E-state index contributed by atoms with van der Waals surface area (Å²) in [7, 11) is 0. The molecule has 0 saturated carbocycles. The normalized spacial score (nSPS) is 19.7. The van der Waals surface area contributed by atoms with Crippen LogP contribution in [0.3, 0.4) is 0 Å². The van der Waals surface area contributed by atoms with Crippen LogP contribution in [0.4, 0.5) is 0 Å². The molecule has 1 aromatic rings. The summed E-state index contributed by atoms with van der Waals surface area (Å²) in [6.45, 7) is 13.0. The molecule has 0 radical (unpaired) electrons. The minimum absolute atomic E-state index is 0.178. The first-order valence-electron chi connectivity index (χ1n) is 8.31. The standard InChI is InChI=1S/C18H25IN2O2/c1-18(2,3)21-10-8-20(9-11-21)7-6-13-4-5-14-15(16(13)19)12-23-17(14)22/h4-5H,6-12H2,1-3H3. The van der Waals surface area contributed by atoms with Crippen LogP contribution in [0.2, 0.25) is 0 Å². The van der Waals surface area contributed by atoms with Gasteiger partial charge in [-0.1, -0.05) is 6.07 Å². The second kappa shape index (κ2) is 6.69. The molecule has 4 nitrogen and oxygen atoms in total. The monoisotopic (exact) mass is 428 g/mol. The van der Waals surface area contributed by atoms with E-state index >= 15 is 0 Å². The third-order valence-corrected chi connectivity index (χ3v) is 6.25. The zero-order valence-electron chi connectivity index (χ0n) is 14.2. The molecular formula is C18H25IN2O2. The van der Waals surface area contributed by atoms with E-state index in [2.05, 4.69) is 59.2 Å². The Morgan fingerprint density at radius 3 is 2.52 bits per heavy atom. The second-order valence-corrected chi connectivity index (χ2v) is 8.47. The van der Waals surface area contributed by atoms with Crippen LogP contribution in [0.25, 0.3) is 0 Å². The number of hydrogen-bond acceptors (Lipinski definition) is 4. The van der Waals surface area contributed by atoms with Crippen LogP contribution in [-0.2, 0) is 17.8 Å². The topological polar surface area (TPSA) is 32.8 Å². The molecule has 2 aliphatic heterocycles. The maximum atomic E-state index is 11.6. The van der Waals surface area contributed by atoms with Crippen LogP contribution in [0.5, 0.6) is 0 Å². The van der Waals surface area contributed by atoms with Crippen molar-refractivity contribution in [3.05, 3.63) is 32.4 Å². The molecule has 2 heterocycles. The van der Waals surface area contributed by atoms with Gasteiger partial charge in [0.05, 0.1) is 5.56 Å². The molecule has 1 aromatic carbocycles. The zero-order chi connectivity index (χ0) is 16.6. The number of nitrogens with zero attached hydrogens (tertiary/aromatic N) is 2. The highest BCUT2D eigenvalue weighted by atomic mass is 127. The Labute approximate surface area is 152 Å². The van der Waals surface area contributed by atoms with Crippen molar-refractivity contribution >= 4 is 28.6 Å². The summed E-state index contributed by atoms with van der Waals surface area (Å²) in [5.41, 5.74) is 3.43. The summed E-state index contributed by atoms with van der Waals surface area (Å²) in [5.74, 6) is -0.178. The maximum Gasteiger partial charge on any atom is 0.338 e. The van der Waals surface area contributed by atoms with Gasteiger partial charge in [0.2, 0.25) is 0 Å². The van der Waals surface area contributed by atoms with Gasteiger partial charge in [0.15, 0.2) is 0 Å². The Kier molecular flexibility index (Phi) is 4.99. The molecule has 126 valence electrons. The van der Waals surface area contributed by atoms with Gasteiger partial charge in [-0.25, -0.2) is 4.79 Å². The Bertz CT molecular complexity index is 602. The van der Waals surface area contributed by atoms with E-state index in [-0.39, 0.29) is 11.5 Å². The molecule has 1 saturated heterocycles. The van der Waals surface area contributed by atoms with Crippen LogP contribution < -0.4 is 0 Å². The fourth-order valence-electron chi connectivity index (χ4n) is 3.33. The van der Waals surface area contributed by atoms with Gasteiger partial charge in [-0.3, -0.25) is 4.90 Å². The van der Waals surface area contributed by atoms with Gasteiger partial charge >= 0.3 is 5.97 Å². The van der Waals surface area contributed by atoms with Crippen LogP contribution in [-0.4, -0.2) is 54.0 Å². The largest absolute Gasteiger partial charge is 0.457 e. The third kappa shape index (κ3) is 3.72. The molecule has 0 atom stereocenters. The number of carbonyl (C=O) groups excluding carboxylic acids is 1. The van der Waals surface area contributed by atoms with Gasteiger partial charge in [-0.2, -0.15) is 0 Å². The molecule has 23 heavy (non-hydrogen) atoms. The summed E-state index contributed by atoms with van der Waals surface area (Å²) >= 11 is 2.37. The summed E-state index contributed by atoms with van der Waals surface area (Å²) < 4.78 is 6.35. The maximum absolute atomic E-state index is 11.6. The molecule has 0 aromatic heterocycles. The molecular weight excluding hydrogens is 403 g/mol. The van der Waals surface area contributed by atoms with E-state index < -0.39 is 0 Å². The van der Waals surface area contributed by atoms with E-state index in [1.165, 1.54) is 9.13 Å². The first kappa shape index (κ1) is 17.2. The van der Waals surface area contributed by atoms with Gasteiger partial charge in [0, 0.05) is 47.4 Å². The average molecular weight is 428 g/mol. The van der Waals surface area contributed by atoms with Crippen molar-refractivity contribution in [1.29, 1.82) is 0 Å². The number of ether oxygens (including phenoxy) is 1. The number of cyclic esters (lactones) is 1. The number of halogens is 1. The number of fused-ring (bicyclic) bond motifs is 1. The van der Waals surface area contributed by atoms with E-state index in [9.17, 15) is 4.79 Å². The third-order valence-electron chi connectivity index (χ3n) is 4.91. The second-order valence-electron chi connectivity index (χ2n) is 7.39. The predicted octanol–water partition coefficient (Wildman–Crippen LogP) is 2.92. The smallest absolute Gasteiger partial charge is 0.338 e. The van der Waals surface area contributed by atoms with Crippen molar-refractivity contribution < 1.29 is 9.53 Å². The molecule has 5 heteroatoms. The molecule has 2 aliphatic rings. The van der Waals surface area contributed by atoms with Crippen LogP contribution in [0.1, 0.15) is 42.3 Å². The van der Waals surface area contributed by atoms with E-state index in [1.807, 2.05) is 6.07 Å². The molecule has 3 rings (SSSR count). The Morgan fingerprint density at radius 2 is 1.87 bits per heavy atom. The first-order valence-corrected chi connectivity index (χ1v) is 9.39. The van der Waals surface area contributed by atoms with Crippen molar-refractivity contribution in [3.8, 4) is 0 Å². The number of rotatable bonds is 3. The highest BCUT2D eigenvalue weighted by Gasteiger charge is 2.27.